The fourth-order valence-electron chi connectivity index (χ4n) is 4.30. The van der Waals surface area contributed by atoms with Crippen LogP contribution in [0, 0.1) is 30.0 Å². The molecule has 2 saturated carbocycles. The molecule has 0 bridgehead atoms. The van der Waals surface area contributed by atoms with Crippen LogP contribution in [-0.2, 0) is 12.0 Å². The number of nitrogens with zero attached hydrogens (tertiary/aromatic N) is 3. The van der Waals surface area contributed by atoms with E-state index in [1.165, 1.54) is 25.0 Å². The number of halogens is 2. The summed E-state index contributed by atoms with van der Waals surface area (Å²) in [5.41, 5.74) is 0.836. The van der Waals surface area contributed by atoms with Crippen molar-refractivity contribution in [3.8, 4) is 6.07 Å². The summed E-state index contributed by atoms with van der Waals surface area (Å²) < 4.78 is 16.4. The van der Waals surface area contributed by atoms with Gasteiger partial charge in [0, 0.05) is 18.2 Å². The molecule has 0 spiro atoms. The Labute approximate surface area is 167 Å². The van der Waals surface area contributed by atoms with Crippen LogP contribution in [0.2, 0.25) is 0 Å². The molecule has 4 rings (SSSR count). The van der Waals surface area contributed by atoms with Crippen LogP contribution in [0.3, 0.4) is 0 Å². The fourth-order valence-corrected chi connectivity index (χ4v) is 4.69. The van der Waals surface area contributed by atoms with Crippen molar-refractivity contribution in [2.75, 3.05) is 0 Å². The number of aliphatic hydroxyl groups excluding tert-OH is 1. The van der Waals surface area contributed by atoms with Gasteiger partial charge in [0.2, 0.25) is 0 Å². The molecule has 3 atom stereocenters. The summed E-state index contributed by atoms with van der Waals surface area (Å²) in [6, 6.07) is 8.30. The van der Waals surface area contributed by atoms with E-state index >= 15 is 0 Å². The third-order valence-electron chi connectivity index (χ3n) is 6.22. The molecule has 1 aromatic heterocycles. The molecule has 27 heavy (non-hydrogen) atoms. The van der Waals surface area contributed by atoms with Crippen molar-refractivity contribution in [3.05, 3.63) is 51.8 Å². The van der Waals surface area contributed by atoms with Gasteiger partial charge in [0.05, 0.1) is 12.2 Å². The quantitative estimate of drug-likeness (QED) is 0.769. The zero-order valence-corrected chi connectivity index (χ0v) is 16.9. The van der Waals surface area contributed by atoms with Gasteiger partial charge in [0.25, 0.3) is 0 Å². The average Bonchev–Trinajstić information content (AvgIpc) is 3.44. The van der Waals surface area contributed by atoms with E-state index in [2.05, 4.69) is 33.5 Å². The highest BCUT2D eigenvalue weighted by atomic mass is 79.9. The first kappa shape index (κ1) is 18.6. The van der Waals surface area contributed by atoms with Crippen LogP contribution in [0.1, 0.15) is 55.1 Å². The molecule has 4 nitrogen and oxygen atoms in total. The Hall–Kier alpha value is -1.71. The van der Waals surface area contributed by atoms with Gasteiger partial charge in [0.15, 0.2) is 0 Å². The molecule has 0 saturated heterocycles. The van der Waals surface area contributed by atoms with Crippen LogP contribution in [0.4, 0.5) is 4.39 Å². The van der Waals surface area contributed by atoms with Crippen molar-refractivity contribution in [2.24, 2.45) is 5.92 Å². The van der Waals surface area contributed by atoms with E-state index in [9.17, 15) is 14.8 Å². The van der Waals surface area contributed by atoms with Gasteiger partial charge in [-0.2, -0.15) is 5.26 Å². The average molecular weight is 432 g/mol. The van der Waals surface area contributed by atoms with Crippen LogP contribution in [0.15, 0.2) is 28.9 Å². The van der Waals surface area contributed by atoms with Gasteiger partial charge in [0.1, 0.15) is 21.7 Å². The van der Waals surface area contributed by atoms with Gasteiger partial charge in [-0.3, -0.25) is 0 Å². The van der Waals surface area contributed by atoms with E-state index in [4.69, 9.17) is 4.98 Å². The maximum atomic E-state index is 13.3. The summed E-state index contributed by atoms with van der Waals surface area (Å²) >= 11 is 3.56. The Morgan fingerprint density at radius 2 is 2.04 bits per heavy atom. The minimum atomic E-state index is -0.982. The first-order chi connectivity index (χ1) is 12.9. The lowest BCUT2D eigenvalue weighted by atomic mass is 9.65. The summed E-state index contributed by atoms with van der Waals surface area (Å²) in [7, 11) is 0. The third kappa shape index (κ3) is 3.32. The fraction of sp³-hybridized carbons (Fsp3) is 0.524. The van der Waals surface area contributed by atoms with Crippen molar-refractivity contribution >= 4 is 15.9 Å². The maximum Gasteiger partial charge on any atom is 0.127 e. The first-order valence-corrected chi connectivity index (χ1v) is 10.3. The number of benzene rings is 1. The number of imidazole rings is 1. The van der Waals surface area contributed by atoms with Crippen LogP contribution in [0.25, 0.3) is 0 Å². The standard InChI is InChI=1S/C21H23BrFN3O/c1-13-19(22)25-20(26(13)11-14-2-3-14)15-8-9-21(12-24,18(27)10-15)16-4-6-17(23)7-5-16/h4-7,14-15,18,27H,2-3,8-11H2,1H3/t15-,18-,21?/m0/s1. The second kappa shape index (κ2) is 7.03. The third-order valence-corrected chi connectivity index (χ3v) is 6.97. The molecule has 2 aromatic rings. The van der Waals surface area contributed by atoms with Crippen molar-refractivity contribution in [2.45, 2.75) is 63.0 Å². The Bertz CT molecular complexity index is 884. The SMILES string of the molecule is Cc1c(Br)nc([C@H]2CCC(C#N)(c3ccc(F)cc3)[C@@H](O)C2)n1CC1CC1. The predicted molar refractivity (Wildman–Crippen MR) is 104 cm³/mol. The summed E-state index contributed by atoms with van der Waals surface area (Å²) in [6.07, 6.45) is 3.52. The lowest BCUT2D eigenvalue weighted by molar-refractivity contribution is 0.0602. The number of nitriles is 1. The van der Waals surface area contributed by atoms with Crippen molar-refractivity contribution in [3.63, 3.8) is 0 Å². The summed E-state index contributed by atoms with van der Waals surface area (Å²) in [4.78, 5) is 4.74. The second-order valence-corrected chi connectivity index (χ2v) is 8.73. The highest BCUT2D eigenvalue weighted by Gasteiger charge is 2.46. The zero-order chi connectivity index (χ0) is 19.2. The molecule has 0 aliphatic heterocycles. The van der Waals surface area contributed by atoms with Crippen molar-refractivity contribution in [1.29, 1.82) is 5.26 Å². The molecule has 1 unspecified atom stereocenters. The molecule has 142 valence electrons. The number of hydrogen-bond acceptors (Lipinski definition) is 3. The van der Waals surface area contributed by atoms with Crippen LogP contribution < -0.4 is 0 Å². The monoisotopic (exact) mass is 431 g/mol. The van der Waals surface area contributed by atoms with E-state index in [1.807, 2.05) is 0 Å². The van der Waals surface area contributed by atoms with Crippen molar-refractivity contribution in [1.82, 2.24) is 9.55 Å². The van der Waals surface area contributed by atoms with E-state index in [1.54, 1.807) is 12.1 Å². The number of aromatic nitrogens is 2. The van der Waals surface area contributed by atoms with E-state index < -0.39 is 11.5 Å². The van der Waals surface area contributed by atoms with Crippen molar-refractivity contribution < 1.29 is 9.50 Å². The van der Waals surface area contributed by atoms with Gasteiger partial charge >= 0.3 is 0 Å². The van der Waals surface area contributed by atoms with Gasteiger partial charge in [-0.15, -0.1) is 0 Å². The smallest absolute Gasteiger partial charge is 0.127 e. The van der Waals surface area contributed by atoms with Gasteiger partial charge in [-0.05, 0) is 78.6 Å². The summed E-state index contributed by atoms with van der Waals surface area (Å²) in [5.74, 6) is 1.52. The molecule has 1 aromatic carbocycles. The molecular weight excluding hydrogens is 409 g/mol. The maximum absolute atomic E-state index is 13.3. The predicted octanol–water partition coefficient (Wildman–Crippen LogP) is 4.59. The van der Waals surface area contributed by atoms with Crippen LogP contribution >= 0.6 is 15.9 Å². The Morgan fingerprint density at radius 3 is 2.63 bits per heavy atom. The molecule has 0 radical (unpaired) electrons. The van der Waals surface area contributed by atoms with E-state index in [0.29, 0.717) is 18.4 Å². The number of rotatable bonds is 4. The minimum Gasteiger partial charge on any atom is -0.391 e. The lowest BCUT2D eigenvalue weighted by Crippen LogP contribution is -2.43. The lowest BCUT2D eigenvalue weighted by Gasteiger charge is -2.39. The number of hydrogen-bond donors (Lipinski definition) is 1. The minimum absolute atomic E-state index is 0.116. The molecule has 1 N–H and O–H groups in total. The van der Waals surface area contributed by atoms with E-state index in [-0.39, 0.29) is 11.7 Å². The van der Waals surface area contributed by atoms with Gasteiger partial charge in [-0.25, -0.2) is 9.37 Å². The molecular formula is C21H23BrFN3O. The highest BCUT2D eigenvalue weighted by molar-refractivity contribution is 9.10. The molecule has 6 heteroatoms. The molecule has 2 aliphatic rings. The summed E-state index contributed by atoms with van der Waals surface area (Å²) in [5, 5.41) is 20.9. The second-order valence-electron chi connectivity index (χ2n) is 7.98. The van der Waals surface area contributed by atoms with E-state index in [0.717, 1.165) is 35.0 Å². The Morgan fingerprint density at radius 1 is 1.33 bits per heavy atom. The topological polar surface area (TPSA) is 61.8 Å². The highest BCUT2D eigenvalue weighted by Crippen LogP contribution is 2.45. The Balaban J connectivity index is 1.61. The Kier molecular flexibility index (Phi) is 4.85. The van der Waals surface area contributed by atoms with Gasteiger partial charge in [-0.1, -0.05) is 12.1 Å². The number of aliphatic hydroxyl groups is 1. The summed E-state index contributed by atoms with van der Waals surface area (Å²) in [6.45, 7) is 3.05. The molecule has 2 aliphatic carbocycles. The largest absolute Gasteiger partial charge is 0.391 e. The van der Waals surface area contributed by atoms with Gasteiger partial charge < -0.3 is 9.67 Å². The normalized spacial score (nSPS) is 28.1. The molecule has 2 fully saturated rings. The molecule has 0 amide bonds. The van der Waals surface area contributed by atoms with Crippen LogP contribution in [-0.4, -0.2) is 20.8 Å². The zero-order valence-electron chi connectivity index (χ0n) is 15.3. The molecule has 1 heterocycles. The van der Waals surface area contributed by atoms with Crippen LogP contribution in [0.5, 0.6) is 0 Å². The first-order valence-electron chi connectivity index (χ1n) is 9.52.